The van der Waals surface area contributed by atoms with Gasteiger partial charge in [-0.3, -0.25) is 0 Å². The Balaban J connectivity index is 1.50. The maximum Gasteiger partial charge on any atom is 0.321 e. The van der Waals surface area contributed by atoms with E-state index in [-0.39, 0.29) is 12.1 Å². The number of carbonyl (C=O) groups excluding carboxylic acids is 2. The first kappa shape index (κ1) is 23.2. The third-order valence-corrected chi connectivity index (χ3v) is 5.54. The van der Waals surface area contributed by atoms with E-state index in [0.717, 1.165) is 19.6 Å². The van der Waals surface area contributed by atoms with E-state index in [1.807, 2.05) is 0 Å². The molecule has 0 radical (unpaired) electrons. The van der Waals surface area contributed by atoms with Gasteiger partial charge in [0.05, 0.1) is 0 Å². The number of rotatable bonds is 8. The van der Waals surface area contributed by atoms with Crippen LogP contribution in [0.3, 0.4) is 0 Å². The van der Waals surface area contributed by atoms with Gasteiger partial charge in [0.15, 0.2) is 0 Å². The minimum Gasteiger partial charge on any atom is -0.336 e. The predicted octanol–water partition coefficient (Wildman–Crippen LogP) is 4.74. The molecule has 4 amide bonds. The highest BCUT2D eigenvalue weighted by Crippen LogP contribution is 2.15. The smallest absolute Gasteiger partial charge is 0.321 e. The highest BCUT2D eigenvalue weighted by atomic mass is 35.5. The first-order valence-corrected chi connectivity index (χ1v) is 11.1. The van der Waals surface area contributed by atoms with Crippen LogP contribution in [0.4, 0.5) is 21.0 Å². The van der Waals surface area contributed by atoms with Gasteiger partial charge in [0.2, 0.25) is 0 Å². The maximum atomic E-state index is 12.8. The number of nitrogens with zero attached hydrogens (tertiary/aromatic N) is 2. The number of amides is 4. The Morgan fingerprint density at radius 2 is 1.39 bits per heavy atom. The van der Waals surface area contributed by atoms with Crippen molar-refractivity contribution in [2.24, 2.45) is 0 Å². The van der Waals surface area contributed by atoms with Crippen molar-refractivity contribution < 1.29 is 9.59 Å². The first-order chi connectivity index (χ1) is 15.0. The highest BCUT2D eigenvalue weighted by molar-refractivity contribution is 6.30. The minimum atomic E-state index is -0.333. The zero-order valence-electron chi connectivity index (χ0n) is 17.2. The maximum absolute atomic E-state index is 12.8. The average Bonchev–Trinajstić information content (AvgIpc) is 3.27. The van der Waals surface area contributed by atoms with Crippen LogP contribution in [0.5, 0.6) is 0 Å². The number of anilines is 2. The van der Waals surface area contributed by atoms with Gasteiger partial charge in [0.1, 0.15) is 0 Å². The van der Waals surface area contributed by atoms with Crippen molar-refractivity contribution in [3.8, 4) is 0 Å². The van der Waals surface area contributed by atoms with Gasteiger partial charge in [-0.25, -0.2) is 9.59 Å². The van der Waals surface area contributed by atoms with E-state index >= 15 is 0 Å². The number of hydrogen-bond acceptors (Lipinski definition) is 3. The molecule has 2 aromatic rings. The molecular formula is C22H27Cl2N5O2. The van der Waals surface area contributed by atoms with Crippen LogP contribution in [0.25, 0.3) is 0 Å². The molecule has 0 bridgehead atoms. The summed E-state index contributed by atoms with van der Waals surface area (Å²) in [6.07, 6.45) is 2.40. The van der Waals surface area contributed by atoms with Gasteiger partial charge >= 0.3 is 12.1 Å². The van der Waals surface area contributed by atoms with E-state index in [9.17, 15) is 9.59 Å². The highest BCUT2D eigenvalue weighted by Gasteiger charge is 2.17. The van der Waals surface area contributed by atoms with E-state index in [1.165, 1.54) is 12.8 Å². The molecular weight excluding hydrogens is 437 g/mol. The molecule has 2 aromatic carbocycles. The van der Waals surface area contributed by atoms with Crippen LogP contribution in [0.1, 0.15) is 12.8 Å². The van der Waals surface area contributed by atoms with Gasteiger partial charge in [-0.05, 0) is 74.5 Å². The fraction of sp³-hybridized carbons (Fsp3) is 0.364. The van der Waals surface area contributed by atoms with Crippen molar-refractivity contribution in [1.82, 2.24) is 15.1 Å². The van der Waals surface area contributed by atoms with E-state index in [4.69, 9.17) is 23.2 Å². The SMILES string of the molecule is O=C(NCCN(CCN1CCCC1)C(=O)Nc1ccc(Cl)cc1)Nc1ccc(Cl)cc1. The van der Waals surface area contributed by atoms with Crippen LogP contribution in [0.2, 0.25) is 10.0 Å². The number of hydrogen-bond donors (Lipinski definition) is 3. The number of urea groups is 2. The summed E-state index contributed by atoms with van der Waals surface area (Å²) in [4.78, 5) is 29.0. The van der Waals surface area contributed by atoms with Crippen LogP contribution in [-0.4, -0.2) is 61.1 Å². The van der Waals surface area contributed by atoms with Crippen LogP contribution in [-0.2, 0) is 0 Å². The molecule has 3 N–H and O–H groups in total. The second-order valence-electron chi connectivity index (χ2n) is 7.36. The molecule has 1 aliphatic heterocycles. The van der Waals surface area contributed by atoms with Gasteiger partial charge in [-0.15, -0.1) is 0 Å². The third kappa shape index (κ3) is 7.94. The van der Waals surface area contributed by atoms with Gasteiger partial charge in [-0.2, -0.15) is 0 Å². The second kappa shape index (κ2) is 11.8. The number of likely N-dealkylation sites (tertiary alicyclic amines) is 1. The van der Waals surface area contributed by atoms with Crippen LogP contribution in [0.15, 0.2) is 48.5 Å². The number of nitrogens with one attached hydrogen (secondary N) is 3. The fourth-order valence-corrected chi connectivity index (χ4v) is 3.58. The van der Waals surface area contributed by atoms with Crippen molar-refractivity contribution in [3.63, 3.8) is 0 Å². The normalized spacial score (nSPS) is 13.6. The summed E-state index contributed by atoms with van der Waals surface area (Å²) in [5, 5.41) is 9.65. The van der Waals surface area contributed by atoms with Crippen LogP contribution in [0, 0.1) is 0 Å². The molecule has 1 saturated heterocycles. The lowest BCUT2D eigenvalue weighted by molar-refractivity contribution is 0.200. The van der Waals surface area contributed by atoms with Crippen molar-refractivity contribution in [2.45, 2.75) is 12.8 Å². The van der Waals surface area contributed by atoms with Gasteiger partial charge < -0.3 is 25.8 Å². The van der Waals surface area contributed by atoms with E-state index in [1.54, 1.807) is 53.4 Å². The first-order valence-electron chi connectivity index (χ1n) is 10.3. The molecule has 0 saturated carbocycles. The Morgan fingerprint density at radius 1 is 0.839 bits per heavy atom. The molecule has 1 fully saturated rings. The van der Waals surface area contributed by atoms with E-state index in [2.05, 4.69) is 20.9 Å². The van der Waals surface area contributed by atoms with Crippen molar-refractivity contribution in [3.05, 3.63) is 58.6 Å². The Kier molecular flexibility index (Phi) is 8.82. The Morgan fingerprint density at radius 3 is 1.97 bits per heavy atom. The number of benzene rings is 2. The van der Waals surface area contributed by atoms with Crippen LogP contribution >= 0.6 is 23.2 Å². The molecule has 31 heavy (non-hydrogen) atoms. The number of carbonyl (C=O) groups is 2. The Bertz CT molecular complexity index is 855. The van der Waals surface area contributed by atoms with Crippen LogP contribution < -0.4 is 16.0 Å². The molecule has 9 heteroatoms. The Labute approximate surface area is 192 Å². The summed E-state index contributed by atoms with van der Waals surface area (Å²) in [5.41, 5.74) is 1.32. The number of halogens is 2. The van der Waals surface area contributed by atoms with E-state index < -0.39 is 0 Å². The van der Waals surface area contributed by atoms with Gasteiger partial charge in [0.25, 0.3) is 0 Å². The fourth-order valence-electron chi connectivity index (χ4n) is 3.33. The molecule has 166 valence electrons. The molecule has 7 nitrogen and oxygen atoms in total. The predicted molar refractivity (Wildman–Crippen MR) is 126 cm³/mol. The summed E-state index contributed by atoms with van der Waals surface area (Å²) in [5.74, 6) is 0. The second-order valence-corrected chi connectivity index (χ2v) is 8.23. The molecule has 1 aliphatic rings. The lowest BCUT2D eigenvalue weighted by Crippen LogP contribution is -2.44. The quantitative estimate of drug-likeness (QED) is 0.528. The topological polar surface area (TPSA) is 76.7 Å². The molecule has 0 unspecified atom stereocenters. The Hall–Kier alpha value is -2.48. The molecule has 0 aliphatic carbocycles. The molecule has 0 aromatic heterocycles. The average molecular weight is 464 g/mol. The van der Waals surface area contributed by atoms with Gasteiger partial charge in [-0.1, -0.05) is 23.2 Å². The summed E-state index contributed by atoms with van der Waals surface area (Å²) in [7, 11) is 0. The van der Waals surface area contributed by atoms with Crippen molar-refractivity contribution >= 4 is 46.6 Å². The molecule has 0 atom stereocenters. The van der Waals surface area contributed by atoms with Gasteiger partial charge in [0, 0.05) is 47.6 Å². The van der Waals surface area contributed by atoms with E-state index in [0.29, 0.717) is 41.1 Å². The summed E-state index contributed by atoms with van der Waals surface area (Å²) >= 11 is 11.8. The summed E-state index contributed by atoms with van der Waals surface area (Å²) < 4.78 is 0. The molecule has 0 spiro atoms. The molecule has 1 heterocycles. The monoisotopic (exact) mass is 463 g/mol. The largest absolute Gasteiger partial charge is 0.336 e. The zero-order valence-corrected chi connectivity index (χ0v) is 18.8. The summed E-state index contributed by atoms with van der Waals surface area (Å²) in [6, 6.07) is 13.3. The van der Waals surface area contributed by atoms with Crippen molar-refractivity contribution in [1.29, 1.82) is 0 Å². The zero-order chi connectivity index (χ0) is 22.1. The minimum absolute atomic E-state index is 0.207. The summed E-state index contributed by atoms with van der Waals surface area (Å²) in [6.45, 7) is 4.24. The third-order valence-electron chi connectivity index (χ3n) is 5.04. The standard InChI is InChI=1S/C22H27Cl2N5O2/c23-17-3-7-19(8-4-17)26-21(30)25-11-14-29(16-15-28-12-1-2-13-28)22(31)27-20-9-5-18(24)6-10-20/h3-10H,1-2,11-16H2,(H,27,31)(H2,25,26,30). The lowest BCUT2D eigenvalue weighted by atomic mass is 10.3. The lowest BCUT2D eigenvalue weighted by Gasteiger charge is -2.26. The van der Waals surface area contributed by atoms with Crippen molar-refractivity contribution in [2.75, 3.05) is 49.9 Å². The molecule has 3 rings (SSSR count).